The molecule has 0 aliphatic carbocycles. The van der Waals surface area contributed by atoms with Gasteiger partial charge in [0.25, 0.3) is 0 Å². The molecule has 1 aliphatic rings. The second-order valence-electron chi connectivity index (χ2n) is 6.92. The van der Waals surface area contributed by atoms with E-state index in [1.165, 1.54) is 19.2 Å². The second-order valence-corrected chi connectivity index (χ2v) is 6.92. The van der Waals surface area contributed by atoms with Gasteiger partial charge in [-0.3, -0.25) is 0 Å². The molecule has 7 nitrogen and oxygen atoms in total. The van der Waals surface area contributed by atoms with Crippen LogP contribution in [0.5, 0.6) is 0 Å². The van der Waals surface area contributed by atoms with Gasteiger partial charge in [-0.25, -0.2) is 19.0 Å². The summed E-state index contributed by atoms with van der Waals surface area (Å²) in [5.41, 5.74) is 1.59. The Balaban J connectivity index is 1.48. The number of para-hydroxylation sites is 2. The van der Waals surface area contributed by atoms with Crippen LogP contribution in [0.25, 0.3) is 11.1 Å². The minimum atomic E-state index is -0.626. The molecule has 8 heteroatoms. The molecule has 0 radical (unpaired) electrons. The Hall–Kier alpha value is -3.42. The molecule has 2 aromatic carbocycles. The van der Waals surface area contributed by atoms with Crippen LogP contribution in [0.1, 0.15) is 35.0 Å². The number of benzene rings is 2. The third-order valence-electron chi connectivity index (χ3n) is 5.00. The number of carbonyl (C=O) groups excluding carboxylic acids is 2. The lowest BCUT2D eigenvalue weighted by Gasteiger charge is -2.31. The van der Waals surface area contributed by atoms with Crippen LogP contribution in [-0.2, 0) is 4.74 Å². The maximum atomic E-state index is 14.1. The number of fused-ring (bicyclic) bond motifs is 1. The van der Waals surface area contributed by atoms with Gasteiger partial charge in [-0.1, -0.05) is 12.1 Å². The van der Waals surface area contributed by atoms with Crippen molar-refractivity contribution >= 4 is 28.8 Å². The number of hydrogen-bond donors (Lipinski definition) is 1. The number of halogens is 1. The van der Waals surface area contributed by atoms with E-state index in [4.69, 9.17) is 4.42 Å². The van der Waals surface area contributed by atoms with Gasteiger partial charge >= 0.3 is 12.0 Å². The summed E-state index contributed by atoms with van der Waals surface area (Å²) in [4.78, 5) is 30.5. The number of methoxy groups -OCH3 is 1. The van der Waals surface area contributed by atoms with Crippen molar-refractivity contribution < 1.29 is 23.1 Å². The van der Waals surface area contributed by atoms with Gasteiger partial charge in [0.2, 0.25) is 0 Å². The molecule has 2 amide bonds. The molecule has 0 bridgehead atoms. The van der Waals surface area contributed by atoms with Crippen LogP contribution in [0, 0.1) is 5.82 Å². The van der Waals surface area contributed by atoms with Crippen molar-refractivity contribution in [1.29, 1.82) is 0 Å². The van der Waals surface area contributed by atoms with E-state index >= 15 is 0 Å². The normalized spacial score (nSPS) is 16.6. The highest BCUT2D eigenvalue weighted by Gasteiger charge is 2.28. The van der Waals surface area contributed by atoms with E-state index in [0.717, 1.165) is 24.4 Å². The van der Waals surface area contributed by atoms with Crippen LogP contribution < -0.4 is 5.32 Å². The molecule has 0 saturated carbocycles. The van der Waals surface area contributed by atoms with Crippen molar-refractivity contribution in [2.24, 2.45) is 0 Å². The first-order valence-corrected chi connectivity index (χ1v) is 9.34. The van der Waals surface area contributed by atoms with Crippen molar-refractivity contribution in [3.63, 3.8) is 0 Å². The molecule has 0 spiro atoms. The molecule has 150 valence electrons. The van der Waals surface area contributed by atoms with Gasteiger partial charge in [0.1, 0.15) is 11.3 Å². The molecule has 1 aromatic heterocycles. The van der Waals surface area contributed by atoms with E-state index < -0.39 is 17.8 Å². The van der Waals surface area contributed by atoms with E-state index in [-0.39, 0.29) is 17.2 Å². The predicted octanol–water partition coefficient (Wildman–Crippen LogP) is 4.17. The number of ether oxygens (including phenoxy) is 1. The standard InChI is InChI=1S/C21H20FN3O4/c1-28-20(26)13-8-9-15(22)17(11-13)24-21(27)25-10-4-5-14(12-25)19-23-16-6-2-3-7-18(16)29-19/h2-3,6-9,11,14H,4-5,10,12H2,1H3,(H,24,27). The first kappa shape index (κ1) is 18.9. The average molecular weight is 397 g/mol. The van der Waals surface area contributed by atoms with Gasteiger partial charge in [-0.05, 0) is 43.2 Å². The Morgan fingerprint density at radius 2 is 2.10 bits per heavy atom. The first-order valence-electron chi connectivity index (χ1n) is 9.34. The van der Waals surface area contributed by atoms with Gasteiger partial charge in [-0.15, -0.1) is 0 Å². The number of hydrogen-bond acceptors (Lipinski definition) is 5. The molecule has 1 saturated heterocycles. The number of anilines is 1. The quantitative estimate of drug-likeness (QED) is 0.671. The molecule has 1 N–H and O–H groups in total. The molecule has 4 rings (SSSR count). The van der Waals surface area contributed by atoms with Gasteiger partial charge in [0.05, 0.1) is 24.3 Å². The van der Waals surface area contributed by atoms with Gasteiger partial charge in [0, 0.05) is 13.1 Å². The van der Waals surface area contributed by atoms with Gasteiger partial charge < -0.3 is 19.4 Å². The Bertz CT molecular complexity index is 1030. The summed E-state index contributed by atoms with van der Waals surface area (Å²) in [6.45, 7) is 0.956. The number of likely N-dealkylation sites (tertiary alicyclic amines) is 1. The minimum absolute atomic E-state index is 0.0341. The zero-order valence-corrected chi connectivity index (χ0v) is 15.9. The van der Waals surface area contributed by atoms with Crippen molar-refractivity contribution in [2.45, 2.75) is 18.8 Å². The Morgan fingerprint density at radius 3 is 2.90 bits per heavy atom. The lowest BCUT2D eigenvalue weighted by molar-refractivity contribution is 0.0600. The number of piperidine rings is 1. The van der Waals surface area contributed by atoms with Crippen LogP contribution in [0.4, 0.5) is 14.9 Å². The zero-order valence-electron chi connectivity index (χ0n) is 15.9. The van der Waals surface area contributed by atoms with Gasteiger partial charge in [0.15, 0.2) is 11.5 Å². The predicted molar refractivity (Wildman–Crippen MR) is 104 cm³/mol. The highest BCUT2D eigenvalue weighted by molar-refractivity contribution is 5.94. The number of oxazole rings is 1. The van der Waals surface area contributed by atoms with Gasteiger partial charge in [-0.2, -0.15) is 0 Å². The first-order chi connectivity index (χ1) is 14.0. The molecule has 1 aliphatic heterocycles. The number of urea groups is 1. The number of carbonyl (C=O) groups is 2. The van der Waals surface area contributed by atoms with Crippen LogP contribution in [-0.4, -0.2) is 42.1 Å². The zero-order chi connectivity index (χ0) is 20.4. The third-order valence-corrected chi connectivity index (χ3v) is 5.00. The highest BCUT2D eigenvalue weighted by atomic mass is 19.1. The molecule has 29 heavy (non-hydrogen) atoms. The summed E-state index contributed by atoms with van der Waals surface area (Å²) >= 11 is 0. The van der Waals surface area contributed by atoms with Crippen LogP contribution in [0.15, 0.2) is 46.9 Å². The van der Waals surface area contributed by atoms with Crippen molar-refractivity contribution in [3.05, 3.63) is 59.7 Å². The average Bonchev–Trinajstić information content (AvgIpc) is 3.19. The molecule has 3 aromatic rings. The topological polar surface area (TPSA) is 84.7 Å². The maximum absolute atomic E-state index is 14.1. The smallest absolute Gasteiger partial charge is 0.337 e. The highest BCUT2D eigenvalue weighted by Crippen LogP contribution is 2.29. The molecular weight excluding hydrogens is 377 g/mol. The van der Waals surface area contributed by atoms with E-state index in [0.29, 0.717) is 24.6 Å². The monoisotopic (exact) mass is 397 g/mol. The third kappa shape index (κ3) is 3.91. The molecule has 1 fully saturated rings. The van der Waals surface area contributed by atoms with Crippen molar-refractivity contribution in [1.82, 2.24) is 9.88 Å². The van der Waals surface area contributed by atoms with Crippen molar-refractivity contribution in [3.8, 4) is 0 Å². The largest absolute Gasteiger partial charge is 0.465 e. The number of nitrogens with zero attached hydrogens (tertiary/aromatic N) is 2. The fraction of sp³-hybridized carbons (Fsp3) is 0.286. The Kier molecular flexibility index (Phi) is 5.16. The summed E-state index contributed by atoms with van der Waals surface area (Å²) in [5.74, 6) is -0.663. The number of aromatic nitrogens is 1. The Morgan fingerprint density at radius 1 is 1.28 bits per heavy atom. The summed E-state index contributed by atoms with van der Waals surface area (Å²) in [6, 6.07) is 10.8. The molecule has 2 heterocycles. The second kappa shape index (κ2) is 7.90. The van der Waals surface area contributed by atoms with Crippen LogP contribution in [0.2, 0.25) is 0 Å². The summed E-state index contributed by atoms with van der Waals surface area (Å²) in [7, 11) is 1.24. The van der Waals surface area contributed by atoms with E-state index in [2.05, 4.69) is 15.0 Å². The minimum Gasteiger partial charge on any atom is -0.465 e. The van der Waals surface area contributed by atoms with Crippen molar-refractivity contribution in [2.75, 3.05) is 25.5 Å². The summed E-state index contributed by atoms with van der Waals surface area (Å²) in [5, 5.41) is 2.55. The van der Waals surface area contributed by atoms with E-state index in [1.807, 2.05) is 24.3 Å². The number of rotatable bonds is 3. The lowest BCUT2D eigenvalue weighted by atomic mass is 9.98. The SMILES string of the molecule is COC(=O)c1ccc(F)c(NC(=O)N2CCCC(c3nc4ccccc4o3)C2)c1. The van der Waals surface area contributed by atoms with E-state index in [1.54, 1.807) is 4.90 Å². The van der Waals surface area contributed by atoms with Crippen LogP contribution >= 0.6 is 0 Å². The number of esters is 1. The molecular formula is C21H20FN3O4. The molecule has 1 atom stereocenters. The maximum Gasteiger partial charge on any atom is 0.337 e. The fourth-order valence-electron chi connectivity index (χ4n) is 3.49. The Labute approximate surface area is 166 Å². The summed E-state index contributed by atoms with van der Waals surface area (Å²) in [6.07, 6.45) is 1.63. The van der Waals surface area contributed by atoms with E-state index in [9.17, 15) is 14.0 Å². The summed E-state index contributed by atoms with van der Waals surface area (Å²) < 4.78 is 24.6. The fourth-order valence-corrected chi connectivity index (χ4v) is 3.49. The lowest BCUT2D eigenvalue weighted by Crippen LogP contribution is -2.41. The number of amides is 2. The molecule has 1 unspecified atom stereocenters. The van der Waals surface area contributed by atoms with Crippen LogP contribution in [0.3, 0.4) is 0 Å². The number of nitrogens with one attached hydrogen (secondary N) is 1.